The lowest BCUT2D eigenvalue weighted by atomic mass is 9.85. The first kappa shape index (κ1) is 14.7. The van der Waals surface area contributed by atoms with Gasteiger partial charge in [0, 0.05) is 19.5 Å². The molecule has 2 nitrogen and oxygen atoms in total. The molecule has 0 aliphatic heterocycles. The van der Waals surface area contributed by atoms with Crippen molar-refractivity contribution in [2.75, 3.05) is 14.1 Å². The Morgan fingerprint density at radius 2 is 1.36 bits per heavy atom. The molecule has 0 bridgehead atoms. The second-order valence-electron chi connectivity index (χ2n) is 5.97. The van der Waals surface area contributed by atoms with E-state index in [1.165, 1.54) is 24.3 Å². The molecule has 0 saturated heterocycles. The fourth-order valence-electron chi connectivity index (χ4n) is 3.17. The van der Waals surface area contributed by atoms with Gasteiger partial charge >= 0.3 is 0 Å². The van der Waals surface area contributed by atoms with Crippen LogP contribution in [-0.2, 0) is 10.2 Å². The number of rotatable bonds is 3. The van der Waals surface area contributed by atoms with Gasteiger partial charge in [0.2, 0.25) is 5.91 Å². The fraction of sp³-hybridized carbons (Fsp3) is 0.278. The molecule has 2 aromatic carbocycles. The maximum absolute atomic E-state index is 13.2. The van der Waals surface area contributed by atoms with Crippen molar-refractivity contribution in [2.45, 2.75) is 11.8 Å². The summed E-state index contributed by atoms with van der Waals surface area (Å²) in [4.78, 5) is 13.9. The summed E-state index contributed by atoms with van der Waals surface area (Å²) < 4.78 is 26.4. The number of hydrogen-bond acceptors (Lipinski definition) is 1. The van der Waals surface area contributed by atoms with Crippen LogP contribution in [-0.4, -0.2) is 24.9 Å². The van der Waals surface area contributed by atoms with E-state index in [1.807, 2.05) is 0 Å². The zero-order chi connectivity index (χ0) is 15.9. The fourth-order valence-corrected chi connectivity index (χ4v) is 3.17. The molecule has 1 unspecified atom stereocenters. The van der Waals surface area contributed by atoms with Gasteiger partial charge in [-0.3, -0.25) is 4.79 Å². The SMILES string of the molecule is CN(C)C(=O)C1CC1(c1ccc(F)cc1)c1ccc(F)cc1. The Bertz CT molecular complexity index is 647. The molecule has 114 valence electrons. The molecule has 3 rings (SSSR count). The molecule has 1 aliphatic carbocycles. The van der Waals surface area contributed by atoms with Crippen molar-refractivity contribution in [3.8, 4) is 0 Å². The van der Waals surface area contributed by atoms with Crippen molar-refractivity contribution in [3.63, 3.8) is 0 Å². The van der Waals surface area contributed by atoms with Gasteiger partial charge in [0.1, 0.15) is 11.6 Å². The number of amides is 1. The Hall–Kier alpha value is -2.23. The molecule has 0 N–H and O–H groups in total. The van der Waals surface area contributed by atoms with Gasteiger partial charge < -0.3 is 4.90 Å². The van der Waals surface area contributed by atoms with Gasteiger partial charge in [-0.05, 0) is 41.8 Å². The lowest BCUT2D eigenvalue weighted by Crippen LogP contribution is -2.28. The third kappa shape index (κ3) is 2.28. The summed E-state index contributed by atoms with van der Waals surface area (Å²) in [6.45, 7) is 0. The molecule has 22 heavy (non-hydrogen) atoms. The van der Waals surface area contributed by atoms with Gasteiger partial charge in [0.05, 0.1) is 5.92 Å². The summed E-state index contributed by atoms with van der Waals surface area (Å²) in [5.74, 6) is -0.782. The number of carbonyl (C=O) groups is 1. The predicted octanol–water partition coefficient (Wildman–Crippen LogP) is 3.36. The Balaban J connectivity index is 2.06. The predicted molar refractivity (Wildman–Crippen MR) is 80.4 cm³/mol. The van der Waals surface area contributed by atoms with E-state index in [4.69, 9.17) is 0 Å². The molecule has 1 fully saturated rings. The summed E-state index contributed by atoms with van der Waals surface area (Å²) in [5, 5.41) is 0. The van der Waals surface area contributed by atoms with Crippen LogP contribution in [0.5, 0.6) is 0 Å². The molecule has 0 radical (unpaired) electrons. The van der Waals surface area contributed by atoms with E-state index in [0.29, 0.717) is 6.42 Å². The minimum atomic E-state index is -0.483. The van der Waals surface area contributed by atoms with Gasteiger partial charge in [-0.15, -0.1) is 0 Å². The van der Waals surface area contributed by atoms with E-state index in [-0.39, 0.29) is 23.5 Å². The number of nitrogens with zero attached hydrogens (tertiary/aromatic N) is 1. The van der Waals surface area contributed by atoms with Crippen LogP contribution in [0.2, 0.25) is 0 Å². The van der Waals surface area contributed by atoms with Crippen LogP contribution in [0, 0.1) is 17.6 Å². The van der Waals surface area contributed by atoms with Crippen molar-refractivity contribution in [1.82, 2.24) is 4.90 Å². The van der Waals surface area contributed by atoms with Crippen molar-refractivity contribution >= 4 is 5.91 Å². The van der Waals surface area contributed by atoms with Crippen LogP contribution < -0.4 is 0 Å². The molecule has 1 atom stereocenters. The van der Waals surface area contributed by atoms with Crippen LogP contribution in [0.4, 0.5) is 8.78 Å². The van der Waals surface area contributed by atoms with Crippen LogP contribution >= 0.6 is 0 Å². The smallest absolute Gasteiger partial charge is 0.226 e. The van der Waals surface area contributed by atoms with Gasteiger partial charge in [0.15, 0.2) is 0 Å². The third-order valence-electron chi connectivity index (χ3n) is 4.42. The minimum Gasteiger partial charge on any atom is -0.349 e. The normalized spacial score (nSPS) is 18.8. The molecule has 4 heteroatoms. The highest BCUT2D eigenvalue weighted by atomic mass is 19.1. The quantitative estimate of drug-likeness (QED) is 0.851. The van der Waals surface area contributed by atoms with Crippen molar-refractivity contribution in [3.05, 3.63) is 71.3 Å². The Morgan fingerprint density at radius 3 is 1.73 bits per heavy atom. The van der Waals surface area contributed by atoms with Gasteiger partial charge in [-0.2, -0.15) is 0 Å². The Morgan fingerprint density at radius 1 is 0.955 bits per heavy atom. The molecule has 1 saturated carbocycles. The summed E-state index contributed by atoms with van der Waals surface area (Å²) in [6.07, 6.45) is 0.654. The second-order valence-corrected chi connectivity index (χ2v) is 5.97. The first-order chi connectivity index (χ1) is 10.4. The molecular formula is C18H17F2NO. The van der Waals surface area contributed by atoms with Gasteiger partial charge in [-0.25, -0.2) is 8.78 Å². The average molecular weight is 301 g/mol. The number of hydrogen-bond donors (Lipinski definition) is 0. The highest BCUT2D eigenvalue weighted by molar-refractivity contribution is 5.85. The van der Waals surface area contributed by atoms with E-state index >= 15 is 0 Å². The largest absolute Gasteiger partial charge is 0.349 e. The van der Waals surface area contributed by atoms with Crippen molar-refractivity contribution in [1.29, 1.82) is 0 Å². The first-order valence-corrected chi connectivity index (χ1v) is 7.18. The summed E-state index contributed by atoms with van der Waals surface area (Å²) >= 11 is 0. The van der Waals surface area contributed by atoms with E-state index < -0.39 is 5.41 Å². The number of benzene rings is 2. The molecule has 0 spiro atoms. The molecule has 0 aromatic heterocycles. The maximum Gasteiger partial charge on any atom is 0.226 e. The lowest BCUT2D eigenvalue weighted by Gasteiger charge is -2.20. The van der Waals surface area contributed by atoms with E-state index in [1.54, 1.807) is 43.3 Å². The number of carbonyl (C=O) groups excluding carboxylic acids is 1. The summed E-state index contributed by atoms with van der Waals surface area (Å²) in [7, 11) is 3.45. The zero-order valence-electron chi connectivity index (χ0n) is 12.5. The van der Waals surface area contributed by atoms with E-state index in [9.17, 15) is 13.6 Å². The molecule has 1 aliphatic rings. The zero-order valence-corrected chi connectivity index (χ0v) is 12.5. The molecule has 0 heterocycles. The average Bonchev–Trinajstić information content (AvgIpc) is 3.24. The van der Waals surface area contributed by atoms with Gasteiger partial charge in [0.25, 0.3) is 0 Å². The summed E-state index contributed by atoms with van der Waals surface area (Å²) in [6, 6.07) is 12.4. The van der Waals surface area contributed by atoms with Crippen molar-refractivity contribution < 1.29 is 13.6 Å². The molecule has 2 aromatic rings. The van der Waals surface area contributed by atoms with E-state index in [0.717, 1.165) is 11.1 Å². The topological polar surface area (TPSA) is 20.3 Å². The highest BCUT2D eigenvalue weighted by Crippen LogP contribution is 2.59. The molecule has 1 amide bonds. The maximum atomic E-state index is 13.2. The highest BCUT2D eigenvalue weighted by Gasteiger charge is 2.60. The Kier molecular flexibility index (Phi) is 3.47. The van der Waals surface area contributed by atoms with Gasteiger partial charge in [-0.1, -0.05) is 24.3 Å². The monoisotopic (exact) mass is 301 g/mol. The second kappa shape index (κ2) is 5.20. The third-order valence-corrected chi connectivity index (χ3v) is 4.42. The minimum absolute atomic E-state index is 0.0358. The van der Waals surface area contributed by atoms with Crippen molar-refractivity contribution in [2.24, 2.45) is 5.92 Å². The molecular weight excluding hydrogens is 284 g/mol. The van der Waals surface area contributed by atoms with Crippen LogP contribution in [0.1, 0.15) is 17.5 Å². The standard InChI is InChI=1S/C18H17F2NO/c1-21(2)17(22)16-11-18(16,12-3-7-14(19)8-4-12)13-5-9-15(20)10-6-13/h3-10,16H,11H2,1-2H3. The van der Waals surface area contributed by atoms with Crippen LogP contribution in [0.25, 0.3) is 0 Å². The summed E-state index contributed by atoms with van der Waals surface area (Å²) in [5.41, 5.74) is 1.30. The van der Waals surface area contributed by atoms with E-state index in [2.05, 4.69) is 0 Å². The first-order valence-electron chi connectivity index (χ1n) is 7.18. The van der Waals surface area contributed by atoms with Crippen LogP contribution in [0.15, 0.2) is 48.5 Å². The number of halogens is 2. The Labute approximate surface area is 128 Å². The lowest BCUT2D eigenvalue weighted by molar-refractivity contribution is -0.130. The van der Waals surface area contributed by atoms with Crippen LogP contribution in [0.3, 0.4) is 0 Å².